The molecule has 2 heterocycles. The minimum atomic E-state index is -0.476. The van der Waals surface area contributed by atoms with Gasteiger partial charge in [-0.25, -0.2) is 9.78 Å². The number of aromatic nitrogens is 1. The first kappa shape index (κ1) is 21.8. The molecule has 1 aliphatic heterocycles. The Morgan fingerprint density at radius 2 is 1.93 bits per heavy atom. The van der Waals surface area contributed by atoms with Gasteiger partial charge in [0.15, 0.2) is 5.96 Å². The van der Waals surface area contributed by atoms with Gasteiger partial charge in [-0.3, -0.25) is 4.99 Å². The molecule has 0 aliphatic carbocycles. The summed E-state index contributed by atoms with van der Waals surface area (Å²) in [5.74, 6) is 1.78. The maximum absolute atomic E-state index is 11.6. The van der Waals surface area contributed by atoms with Crippen molar-refractivity contribution in [3.8, 4) is 0 Å². The summed E-state index contributed by atoms with van der Waals surface area (Å²) >= 11 is 0. The lowest BCUT2D eigenvalue weighted by molar-refractivity contribution is 0.0527. The van der Waals surface area contributed by atoms with E-state index in [-0.39, 0.29) is 6.09 Å². The van der Waals surface area contributed by atoms with Gasteiger partial charge in [0, 0.05) is 46.0 Å². The molecule has 0 bridgehead atoms. The molecule has 3 N–H and O–H groups in total. The number of hydrogen-bond donors (Lipinski definition) is 3. The number of aliphatic imine (C=N–C) groups is 1. The average Bonchev–Trinajstić information content (AvgIpc) is 3.17. The van der Waals surface area contributed by atoms with E-state index in [9.17, 15) is 4.79 Å². The molecule has 1 amide bonds. The zero-order chi connectivity index (χ0) is 20.4. The first-order valence-corrected chi connectivity index (χ1v) is 9.98. The van der Waals surface area contributed by atoms with Gasteiger partial charge in [0.05, 0.1) is 0 Å². The normalized spacial score (nSPS) is 14.7. The topological polar surface area (TPSA) is 90.9 Å². The molecule has 156 valence electrons. The number of anilines is 1. The first-order chi connectivity index (χ1) is 13.4. The first-order valence-electron chi connectivity index (χ1n) is 9.98. The third-order valence-electron chi connectivity index (χ3n) is 4.24. The van der Waals surface area contributed by atoms with Crippen molar-refractivity contribution < 1.29 is 9.53 Å². The highest BCUT2D eigenvalue weighted by Gasteiger charge is 2.15. The highest BCUT2D eigenvalue weighted by atomic mass is 16.6. The van der Waals surface area contributed by atoms with E-state index in [0.29, 0.717) is 19.6 Å². The Morgan fingerprint density at radius 1 is 1.21 bits per heavy atom. The van der Waals surface area contributed by atoms with Crippen LogP contribution in [-0.4, -0.2) is 55.9 Å². The van der Waals surface area contributed by atoms with Gasteiger partial charge in [-0.05, 0) is 57.7 Å². The highest BCUT2D eigenvalue weighted by Crippen LogP contribution is 2.18. The summed E-state index contributed by atoms with van der Waals surface area (Å²) in [6.07, 6.45) is 4.73. The second-order valence-corrected chi connectivity index (χ2v) is 7.85. The predicted octanol–water partition coefficient (Wildman–Crippen LogP) is 2.26. The number of nitrogens with zero attached hydrogens (tertiary/aromatic N) is 3. The van der Waals surface area contributed by atoms with Crippen molar-refractivity contribution in [3.05, 3.63) is 23.9 Å². The van der Waals surface area contributed by atoms with Gasteiger partial charge in [-0.15, -0.1) is 0 Å². The number of nitrogens with one attached hydrogen (secondary N) is 3. The zero-order valence-electron chi connectivity index (χ0n) is 17.5. The van der Waals surface area contributed by atoms with Crippen LogP contribution < -0.4 is 20.9 Å². The zero-order valence-corrected chi connectivity index (χ0v) is 17.5. The largest absolute Gasteiger partial charge is 0.444 e. The number of alkyl carbamates (subject to hydrolysis) is 1. The third-order valence-corrected chi connectivity index (χ3v) is 4.24. The van der Waals surface area contributed by atoms with Crippen LogP contribution in [0.25, 0.3) is 0 Å². The fraction of sp³-hybridized carbons (Fsp3) is 0.650. The van der Waals surface area contributed by atoms with Gasteiger partial charge in [-0.2, -0.15) is 0 Å². The maximum atomic E-state index is 11.6. The molecular formula is C20H34N6O2. The number of hydrogen-bond acceptors (Lipinski definition) is 5. The predicted molar refractivity (Wildman–Crippen MR) is 113 cm³/mol. The maximum Gasteiger partial charge on any atom is 0.407 e. The number of rotatable bonds is 7. The number of carbonyl (C=O) groups excluding carboxylic acids is 1. The Labute approximate surface area is 168 Å². The van der Waals surface area contributed by atoms with Crippen LogP contribution in [0.15, 0.2) is 23.3 Å². The monoisotopic (exact) mass is 390 g/mol. The van der Waals surface area contributed by atoms with E-state index in [1.54, 1.807) is 7.05 Å². The van der Waals surface area contributed by atoms with Gasteiger partial charge in [0.1, 0.15) is 11.4 Å². The fourth-order valence-electron chi connectivity index (χ4n) is 2.90. The lowest BCUT2D eigenvalue weighted by Gasteiger charge is -2.19. The number of carbonyl (C=O) groups is 1. The third kappa shape index (κ3) is 8.02. The molecular weight excluding hydrogens is 356 g/mol. The van der Waals surface area contributed by atoms with Crippen LogP contribution in [0.1, 0.15) is 45.6 Å². The van der Waals surface area contributed by atoms with Crippen LogP contribution in [0, 0.1) is 0 Å². The van der Waals surface area contributed by atoms with Crippen LogP contribution in [0.5, 0.6) is 0 Å². The van der Waals surface area contributed by atoms with E-state index in [1.165, 1.54) is 18.4 Å². The molecule has 1 aromatic heterocycles. The molecule has 0 saturated carbocycles. The SMILES string of the molecule is CN=C(NCCCNC(=O)OC(C)(C)C)NCc1ccnc(N2CCCC2)c1. The lowest BCUT2D eigenvalue weighted by atomic mass is 10.2. The summed E-state index contributed by atoms with van der Waals surface area (Å²) in [7, 11) is 1.75. The van der Waals surface area contributed by atoms with E-state index in [0.717, 1.165) is 31.3 Å². The smallest absolute Gasteiger partial charge is 0.407 e. The second-order valence-electron chi connectivity index (χ2n) is 7.85. The van der Waals surface area contributed by atoms with Gasteiger partial charge < -0.3 is 25.6 Å². The molecule has 0 spiro atoms. The van der Waals surface area contributed by atoms with E-state index < -0.39 is 5.60 Å². The Balaban J connectivity index is 1.66. The van der Waals surface area contributed by atoms with Gasteiger partial charge in [0.25, 0.3) is 0 Å². The molecule has 28 heavy (non-hydrogen) atoms. The molecule has 1 saturated heterocycles. The molecule has 1 aromatic rings. The minimum absolute atomic E-state index is 0.387. The Kier molecular flexibility index (Phi) is 8.35. The quantitative estimate of drug-likeness (QED) is 0.376. The second kappa shape index (κ2) is 10.7. The summed E-state index contributed by atoms with van der Waals surface area (Å²) in [4.78, 5) is 22.6. The molecule has 0 aromatic carbocycles. The van der Waals surface area contributed by atoms with E-state index >= 15 is 0 Å². The van der Waals surface area contributed by atoms with Gasteiger partial charge >= 0.3 is 6.09 Å². The molecule has 8 nitrogen and oxygen atoms in total. The van der Waals surface area contributed by atoms with Crippen LogP contribution >= 0.6 is 0 Å². The van der Waals surface area contributed by atoms with Crippen molar-refractivity contribution in [3.63, 3.8) is 0 Å². The van der Waals surface area contributed by atoms with Crippen molar-refractivity contribution in [1.29, 1.82) is 0 Å². The summed E-state index contributed by atoms with van der Waals surface area (Å²) in [5, 5.41) is 9.32. The lowest BCUT2D eigenvalue weighted by Crippen LogP contribution is -2.39. The molecule has 8 heteroatoms. The Hall–Kier alpha value is -2.51. The summed E-state index contributed by atoms with van der Waals surface area (Å²) in [5.41, 5.74) is 0.696. The number of guanidine groups is 1. The minimum Gasteiger partial charge on any atom is -0.444 e. The van der Waals surface area contributed by atoms with E-state index in [2.05, 4.69) is 36.9 Å². The number of amides is 1. The molecule has 2 rings (SSSR count). The fourth-order valence-corrected chi connectivity index (χ4v) is 2.90. The van der Waals surface area contributed by atoms with Crippen LogP contribution in [0.3, 0.4) is 0 Å². The van der Waals surface area contributed by atoms with Crippen LogP contribution in [0.2, 0.25) is 0 Å². The molecule has 0 unspecified atom stereocenters. The van der Waals surface area contributed by atoms with E-state index in [1.807, 2.05) is 33.0 Å². The van der Waals surface area contributed by atoms with E-state index in [4.69, 9.17) is 4.74 Å². The molecule has 0 atom stereocenters. The Bertz CT molecular complexity index is 650. The average molecular weight is 391 g/mol. The van der Waals surface area contributed by atoms with Crippen molar-refractivity contribution in [2.24, 2.45) is 4.99 Å². The summed E-state index contributed by atoms with van der Waals surface area (Å²) in [6, 6.07) is 4.15. The summed E-state index contributed by atoms with van der Waals surface area (Å²) in [6.45, 7) is 9.64. The molecule has 1 fully saturated rings. The van der Waals surface area contributed by atoms with Crippen LogP contribution in [0.4, 0.5) is 10.6 Å². The van der Waals surface area contributed by atoms with Gasteiger partial charge in [0.2, 0.25) is 0 Å². The van der Waals surface area contributed by atoms with Crippen molar-refractivity contribution >= 4 is 17.9 Å². The number of pyridine rings is 1. The van der Waals surface area contributed by atoms with Crippen molar-refractivity contribution in [2.75, 3.05) is 38.1 Å². The van der Waals surface area contributed by atoms with Crippen molar-refractivity contribution in [1.82, 2.24) is 20.9 Å². The Morgan fingerprint density at radius 3 is 2.61 bits per heavy atom. The van der Waals surface area contributed by atoms with Crippen molar-refractivity contribution in [2.45, 2.75) is 52.2 Å². The highest BCUT2D eigenvalue weighted by molar-refractivity contribution is 5.79. The standard InChI is InChI=1S/C20H34N6O2/c1-20(2,3)28-19(27)24-10-7-9-23-18(21-4)25-15-16-8-11-22-17(14-16)26-12-5-6-13-26/h8,11,14H,5-7,9-10,12-13,15H2,1-4H3,(H,24,27)(H2,21,23,25). The number of ether oxygens (including phenoxy) is 1. The molecule has 0 radical (unpaired) electrons. The van der Waals surface area contributed by atoms with Crippen LogP contribution in [-0.2, 0) is 11.3 Å². The van der Waals surface area contributed by atoms with Gasteiger partial charge in [-0.1, -0.05) is 0 Å². The molecule has 1 aliphatic rings. The summed E-state index contributed by atoms with van der Waals surface area (Å²) < 4.78 is 5.21.